The first-order valence-corrected chi connectivity index (χ1v) is 3.83. The molecular formula is C9H9ClN2O2. The minimum Gasteiger partial charge on any atom is -0.465 e. The third-order valence-corrected chi connectivity index (χ3v) is 1.87. The van der Waals surface area contributed by atoms with Crippen molar-refractivity contribution in [1.29, 1.82) is 0 Å². The second-order valence-electron chi connectivity index (χ2n) is 2.59. The number of esters is 1. The number of pyridine rings is 1. The van der Waals surface area contributed by atoms with Crippen molar-refractivity contribution in [3.63, 3.8) is 0 Å². The van der Waals surface area contributed by atoms with Crippen molar-refractivity contribution in [2.45, 2.75) is 0 Å². The van der Waals surface area contributed by atoms with Crippen molar-refractivity contribution < 1.29 is 9.53 Å². The number of carbonyl (C=O) groups excluding carboxylic acids is 1. The normalized spacial score (nSPS) is 9.50. The molecule has 2 aromatic heterocycles. The first kappa shape index (κ1) is 10.5. The Balaban J connectivity index is 0.000000980. The second-order valence-corrected chi connectivity index (χ2v) is 2.59. The zero-order chi connectivity index (χ0) is 9.26. The van der Waals surface area contributed by atoms with Crippen molar-refractivity contribution >= 4 is 29.4 Å². The number of hydrogen-bond donors (Lipinski definition) is 1. The Kier molecular flexibility index (Phi) is 3.09. The number of fused-ring (bicyclic) bond motifs is 1. The van der Waals surface area contributed by atoms with E-state index in [1.54, 1.807) is 24.5 Å². The maximum absolute atomic E-state index is 11.3. The van der Waals surface area contributed by atoms with Crippen LogP contribution in [0.4, 0.5) is 0 Å². The van der Waals surface area contributed by atoms with E-state index in [1.165, 1.54) is 7.11 Å². The number of H-pyrrole nitrogens is 1. The minimum atomic E-state index is -0.341. The molecule has 14 heavy (non-hydrogen) atoms. The molecule has 2 rings (SSSR count). The van der Waals surface area contributed by atoms with Gasteiger partial charge in [0.05, 0.1) is 12.7 Å². The van der Waals surface area contributed by atoms with Crippen LogP contribution in [-0.2, 0) is 4.74 Å². The smallest absolute Gasteiger partial charge is 0.338 e. The molecule has 2 heterocycles. The maximum atomic E-state index is 11.3. The highest BCUT2D eigenvalue weighted by Crippen LogP contribution is 2.15. The first-order valence-electron chi connectivity index (χ1n) is 3.83. The van der Waals surface area contributed by atoms with E-state index >= 15 is 0 Å². The molecule has 0 fully saturated rings. The van der Waals surface area contributed by atoms with Crippen LogP contribution in [0.3, 0.4) is 0 Å². The van der Waals surface area contributed by atoms with Gasteiger partial charge in [0.25, 0.3) is 0 Å². The molecule has 0 radical (unpaired) electrons. The monoisotopic (exact) mass is 212 g/mol. The van der Waals surface area contributed by atoms with Gasteiger partial charge in [-0.1, -0.05) is 0 Å². The van der Waals surface area contributed by atoms with Crippen LogP contribution in [0.25, 0.3) is 11.0 Å². The van der Waals surface area contributed by atoms with E-state index in [2.05, 4.69) is 14.7 Å². The van der Waals surface area contributed by atoms with Crippen molar-refractivity contribution in [2.75, 3.05) is 7.11 Å². The summed E-state index contributed by atoms with van der Waals surface area (Å²) in [6.45, 7) is 0. The Hall–Kier alpha value is -1.55. The van der Waals surface area contributed by atoms with E-state index in [0.717, 1.165) is 5.39 Å². The van der Waals surface area contributed by atoms with Crippen LogP contribution in [0.15, 0.2) is 24.5 Å². The Bertz CT molecular complexity index is 453. The predicted molar refractivity (Wildman–Crippen MR) is 54.7 cm³/mol. The number of ether oxygens (including phenoxy) is 1. The quantitative estimate of drug-likeness (QED) is 0.733. The fourth-order valence-electron chi connectivity index (χ4n) is 1.25. The van der Waals surface area contributed by atoms with Gasteiger partial charge in [-0.15, -0.1) is 12.4 Å². The summed E-state index contributed by atoms with van der Waals surface area (Å²) >= 11 is 0. The molecule has 0 amide bonds. The summed E-state index contributed by atoms with van der Waals surface area (Å²) in [4.78, 5) is 18.2. The van der Waals surface area contributed by atoms with E-state index in [-0.39, 0.29) is 18.4 Å². The predicted octanol–water partition coefficient (Wildman–Crippen LogP) is 1.77. The lowest BCUT2D eigenvalue weighted by atomic mass is 10.2. The standard InChI is InChI=1S/C9H8N2O2.ClH/c1-13-9(12)7-3-5-11-8-6(7)2-4-10-8;/h2-5H,1H3,(H,10,11);1H. The number of carbonyl (C=O) groups is 1. The Labute approximate surface area is 86.7 Å². The SMILES string of the molecule is COC(=O)c1ccnc2[nH]ccc12.Cl. The topological polar surface area (TPSA) is 55.0 Å². The second kappa shape index (κ2) is 4.11. The van der Waals surface area contributed by atoms with Gasteiger partial charge in [0.2, 0.25) is 0 Å². The number of rotatable bonds is 1. The zero-order valence-electron chi connectivity index (χ0n) is 7.48. The van der Waals surface area contributed by atoms with E-state index in [0.29, 0.717) is 11.2 Å². The van der Waals surface area contributed by atoms with Gasteiger partial charge in [-0.3, -0.25) is 0 Å². The lowest BCUT2D eigenvalue weighted by molar-refractivity contribution is 0.0603. The average molecular weight is 213 g/mol. The fourth-order valence-corrected chi connectivity index (χ4v) is 1.25. The third-order valence-electron chi connectivity index (χ3n) is 1.87. The first-order chi connectivity index (χ1) is 6.33. The molecule has 74 valence electrons. The highest BCUT2D eigenvalue weighted by atomic mass is 35.5. The lowest BCUT2D eigenvalue weighted by Gasteiger charge is -1.99. The third kappa shape index (κ3) is 1.56. The van der Waals surface area contributed by atoms with Gasteiger partial charge >= 0.3 is 5.97 Å². The minimum absolute atomic E-state index is 0. The van der Waals surface area contributed by atoms with E-state index in [4.69, 9.17) is 0 Å². The molecule has 0 saturated carbocycles. The lowest BCUT2D eigenvalue weighted by Crippen LogP contribution is -2.01. The average Bonchev–Trinajstić information content (AvgIpc) is 2.63. The Morgan fingerprint density at radius 2 is 2.29 bits per heavy atom. The van der Waals surface area contributed by atoms with Gasteiger partial charge in [-0.25, -0.2) is 9.78 Å². The highest BCUT2D eigenvalue weighted by Gasteiger charge is 2.10. The van der Waals surface area contributed by atoms with E-state index < -0.39 is 0 Å². The molecule has 4 nitrogen and oxygen atoms in total. The highest BCUT2D eigenvalue weighted by molar-refractivity contribution is 6.02. The number of halogens is 1. The molecule has 0 atom stereocenters. The van der Waals surface area contributed by atoms with Crippen molar-refractivity contribution in [2.24, 2.45) is 0 Å². The van der Waals surface area contributed by atoms with Crippen LogP contribution in [0.5, 0.6) is 0 Å². The van der Waals surface area contributed by atoms with E-state index in [9.17, 15) is 4.79 Å². The summed E-state index contributed by atoms with van der Waals surface area (Å²) in [6.07, 6.45) is 3.31. The van der Waals surface area contributed by atoms with Crippen LogP contribution in [0.2, 0.25) is 0 Å². The van der Waals surface area contributed by atoms with Gasteiger partial charge < -0.3 is 9.72 Å². The van der Waals surface area contributed by atoms with Crippen LogP contribution in [0, 0.1) is 0 Å². The van der Waals surface area contributed by atoms with Gasteiger partial charge in [-0.05, 0) is 12.1 Å². The van der Waals surface area contributed by atoms with Crippen LogP contribution in [0.1, 0.15) is 10.4 Å². The molecular weight excluding hydrogens is 204 g/mol. The van der Waals surface area contributed by atoms with Crippen molar-refractivity contribution in [3.8, 4) is 0 Å². The Morgan fingerprint density at radius 3 is 3.00 bits per heavy atom. The number of nitrogens with zero attached hydrogens (tertiary/aromatic N) is 1. The zero-order valence-corrected chi connectivity index (χ0v) is 8.30. The maximum Gasteiger partial charge on any atom is 0.338 e. The van der Waals surface area contributed by atoms with Crippen LogP contribution < -0.4 is 0 Å². The number of hydrogen-bond acceptors (Lipinski definition) is 3. The molecule has 5 heteroatoms. The summed E-state index contributed by atoms with van der Waals surface area (Å²) in [7, 11) is 1.36. The fraction of sp³-hybridized carbons (Fsp3) is 0.111. The van der Waals surface area contributed by atoms with Gasteiger partial charge in [0.1, 0.15) is 5.65 Å². The number of aromatic nitrogens is 2. The Morgan fingerprint density at radius 1 is 1.50 bits per heavy atom. The van der Waals surface area contributed by atoms with Gasteiger partial charge in [-0.2, -0.15) is 0 Å². The molecule has 0 aromatic carbocycles. The molecule has 0 aliphatic rings. The van der Waals surface area contributed by atoms with E-state index in [1.807, 2.05) is 0 Å². The molecule has 0 spiro atoms. The molecule has 0 unspecified atom stereocenters. The number of aromatic amines is 1. The number of methoxy groups -OCH3 is 1. The van der Waals surface area contributed by atoms with Crippen molar-refractivity contribution in [1.82, 2.24) is 9.97 Å². The molecule has 0 bridgehead atoms. The molecule has 2 aromatic rings. The summed E-state index contributed by atoms with van der Waals surface area (Å²) in [6, 6.07) is 3.44. The van der Waals surface area contributed by atoms with Gasteiger partial charge in [0, 0.05) is 17.8 Å². The summed E-state index contributed by atoms with van der Waals surface area (Å²) < 4.78 is 4.63. The molecule has 1 N–H and O–H groups in total. The van der Waals surface area contributed by atoms with Crippen molar-refractivity contribution in [3.05, 3.63) is 30.1 Å². The largest absolute Gasteiger partial charge is 0.465 e. The molecule has 0 aliphatic heterocycles. The summed E-state index contributed by atoms with van der Waals surface area (Å²) in [5, 5.41) is 0.786. The molecule has 0 aliphatic carbocycles. The number of nitrogens with one attached hydrogen (secondary N) is 1. The van der Waals surface area contributed by atoms with Crippen LogP contribution >= 0.6 is 12.4 Å². The van der Waals surface area contributed by atoms with Gasteiger partial charge in [0.15, 0.2) is 0 Å². The summed E-state index contributed by atoms with van der Waals surface area (Å²) in [5.74, 6) is -0.341. The molecule has 0 saturated heterocycles. The summed E-state index contributed by atoms with van der Waals surface area (Å²) in [5.41, 5.74) is 1.23. The van der Waals surface area contributed by atoms with Crippen LogP contribution in [-0.4, -0.2) is 23.0 Å².